The van der Waals surface area contributed by atoms with Crippen LogP contribution in [0.5, 0.6) is 0 Å². The maximum atomic E-state index is 9.72. The molecule has 18 heavy (non-hydrogen) atoms. The Hall–Kier alpha value is -0.940. The first-order valence-corrected chi connectivity index (χ1v) is 6.27. The second-order valence-electron chi connectivity index (χ2n) is 4.26. The summed E-state index contributed by atoms with van der Waals surface area (Å²) in [6.45, 7) is 4.00. The molecule has 0 saturated carbocycles. The fourth-order valence-electron chi connectivity index (χ4n) is 1.59. The first-order chi connectivity index (χ1) is 8.74. The fraction of sp³-hybridized carbons (Fsp3) is 0.571. The Morgan fingerprint density at radius 2 is 1.94 bits per heavy atom. The van der Waals surface area contributed by atoms with Crippen LogP contribution in [0.15, 0.2) is 30.3 Å². The van der Waals surface area contributed by atoms with E-state index in [0.717, 1.165) is 0 Å². The minimum atomic E-state index is -0.493. The minimum absolute atomic E-state index is 0.222. The van der Waals surface area contributed by atoms with E-state index in [1.54, 1.807) is 7.11 Å². The van der Waals surface area contributed by atoms with Gasteiger partial charge in [0.05, 0.1) is 25.9 Å². The standard InChI is InChI=1S/C14H23NO3/c1-12(13-6-4-3-5-7-13)15-10-14(16)11-18-9-8-17-2/h3-7,12,14-16H,8-11H2,1-2H3/t12-,14?/m1/s1. The number of methoxy groups -OCH3 is 1. The molecular weight excluding hydrogens is 230 g/mol. The monoisotopic (exact) mass is 253 g/mol. The van der Waals surface area contributed by atoms with Gasteiger partial charge in [-0.15, -0.1) is 0 Å². The van der Waals surface area contributed by atoms with Crippen molar-refractivity contribution in [2.24, 2.45) is 0 Å². The van der Waals surface area contributed by atoms with Crippen molar-refractivity contribution in [2.75, 3.05) is 33.5 Å². The van der Waals surface area contributed by atoms with Gasteiger partial charge in [-0.3, -0.25) is 0 Å². The molecule has 0 radical (unpaired) electrons. The van der Waals surface area contributed by atoms with E-state index in [1.165, 1.54) is 5.56 Å². The largest absolute Gasteiger partial charge is 0.389 e. The van der Waals surface area contributed by atoms with Crippen LogP contribution in [-0.2, 0) is 9.47 Å². The first kappa shape index (κ1) is 15.1. The Morgan fingerprint density at radius 1 is 1.22 bits per heavy atom. The number of aliphatic hydroxyl groups is 1. The third-order valence-electron chi connectivity index (χ3n) is 2.70. The zero-order valence-corrected chi connectivity index (χ0v) is 11.1. The quantitative estimate of drug-likeness (QED) is 0.653. The topological polar surface area (TPSA) is 50.7 Å². The van der Waals surface area contributed by atoms with Gasteiger partial charge in [-0.2, -0.15) is 0 Å². The van der Waals surface area contributed by atoms with Gasteiger partial charge in [0, 0.05) is 19.7 Å². The molecule has 0 aliphatic rings. The molecule has 1 aromatic carbocycles. The van der Waals surface area contributed by atoms with Gasteiger partial charge in [-0.1, -0.05) is 30.3 Å². The highest BCUT2D eigenvalue weighted by molar-refractivity contribution is 5.17. The van der Waals surface area contributed by atoms with Gasteiger partial charge >= 0.3 is 0 Å². The maximum Gasteiger partial charge on any atom is 0.0897 e. The van der Waals surface area contributed by atoms with E-state index >= 15 is 0 Å². The van der Waals surface area contributed by atoms with Crippen LogP contribution in [0.25, 0.3) is 0 Å². The number of ether oxygens (including phenoxy) is 2. The van der Waals surface area contributed by atoms with Gasteiger partial charge < -0.3 is 19.9 Å². The van der Waals surface area contributed by atoms with Crippen molar-refractivity contribution in [1.82, 2.24) is 5.32 Å². The van der Waals surface area contributed by atoms with Crippen molar-refractivity contribution >= 4 is 0 Å². The molecule has 1 rings (SSSR count). The Balaban J connectivity index is 2.16. The van der Waals surface area contributed by atoms with Crippen molar-refractivity contribution in [3.63, 3.8) is 0 Å². The summed E-state index contributed by atoms with van der Waals surface area (Å²) in [5.74, 6) is 0. The van der Waals surface area contributed by atoms with Crippen molar-refractivity contribution in [3.8, 4) is 0 Å². The second kappa shape index (κ2) is 9.05. The number of hydrogen-bond donors (Lipinski definition) is 2. The van der Waals surface area contributed by atoms with Crippen LogP contribution in [0.1, 0.15) is 18.5 Å². The van der Waals surface area contributed by atoms with Crippen LogP contribution >= 0.6 is 0 Å². The molecule has 0 heterocycles. The molecule has 0 fully saturated rings. The van der Waals surface area contributed by atoms with Crippen LogP contribution in [0.2, 0.25) is 0 Å². The Labute approximate surface area is 109 Å². The van der Waals surface area contributed by atoms with Crippen molar-refractivity contribution in [1.29, 1.82) is 0 Å². The molecule has 4 nitrogen and oxygen atoms in total. The van der Waals surface area contributed by atoms with Crippen LogP contribution in [-0.4, -0.2) is 44.7 Å². The van der Waals surface area contributed by atoms with E-state index in [2.05, 4.69) is 24.4 Å². The summed E-state index contributed by atoms with van der Waals surface area (Å²) in [5, 5.41) is 13.0. The molecule has 0 aliphatic heterocycles. The van der Waals surface area contributed by atoms with Crippen molar-refractivity contribution in [3.05, 3.63) is 35.9 Å². The number of hydrogen-bond acceptors (Lipinski definition) is 4. The molecule has 0 spiro atoms. The number of aliphatic hydroxyl groups excluding tert-OH is 1. The molecule has 0 aromatic heterocycles. The van der Waals surface area contributed by atoms with E-state index in [9.17, 15) is 5.11 Å². The summed E-state index contributed by atoms with van der Waals surface area (Å²) < 4.78 is 10.1. The lowest BCUT2D eigenvalue weighted by Gasteiger charge is -2.17. The molecule has 0 amide bonds. The normalized spacial score (nSPS) is 14.4. The lowest BCUT2D eigenvalue weighted by Crippen LogP contribution is -2.32. The summed E-state index contributed by atoms with van der Waals surface area (Å²) in [4.78, 5) is 0. The highest BCUT2D eigenvalue weighted by Crippen LogP contribution is 2.10. The zero-order valence-electron chi connectivity index (χ0n) is 11.1. The van der Waals surface area contributed by atoms with Crippen molar-refractivity contribution in [2.45, 2.75) is 19.1 Å². The van der Waals surface area contributed by atoms with Gasteiger partial charge in [0.1, 0.15) is 0 Å². The van der Waals surface area contributed by atoms with E-state index < -0.39 is 6.10 Å². The summed E-state index contributed by atoms with van der Waals surface area (Å²) in [5.41, 5.74) is 1.21. The smallest absolute Gasteiger partial charge is 0.0897 e. The van der Waals surface area contributed by atoms with Gasteiger partial charge in [-0.25, -0.2) is 0 Å². The predicted molar refractivity (Wildman–Crippen MR) is 71.6 cm³/mol. The first-order valence-electron chi connectivity index (χ1n) is 6.27. The Kier molecular flexibility index (Phi) is 7.60. The molecule has 1 unspecified atom stereocenters. The summed E-state index contributed by atoms with van der Waals surface area (Å²) in [7, 11) is 1.63. The summed E-state index contributed by atoms with van der Waals surface area (Å²) >= 11 is 0. The van der Waals surface area contributed by atoms with Crippen LogP contribution < -0.4 is 5.32 Å². The van der Waals surface area contributed by atoms with E-state index in [4.69, 9.17) is 9.47 Å². The maximum absolute atomic E-state index is 9.72. The Bertz CT molecular complexity index is 305. The predicted octanol–water partition coefficient (Wildman–Crippen LogP) is 1.36. The molecule has 0 aliphatic carbocycles. The molecule has 1 aromatic rings. The van der Waals surface area contributed by atoms with Crippen molar-refractivity contribution < 1.29 is 14.6 Å². The highest BCUT2D eigenvalue weighted by atomic mass is 16.5. The molecule has 0 saturated heterocycles. The highest BCUT2D eigenvalue weighted by Gasteiger charge is 2.08. The van der Waals surface area contributed by atoms with Gasteiger partial charge in [-0.05, 0) is 12.5 Å². The summed E-state index contributed by atoms with van der Waals surface area (Å²) in [6, 6.07) is 10.4. The SMILES string of the molecule is COCCOCC(O)CN[C@H](C)c1ccccc1. The molecule has 0 bridgehead atoms. The molecule has 2 N–H and O–H groups in total. The van der Waals surface area contributed by atoms with E-state index in [1.807, 2.05) is 18.2 Å². The lowest BCUT2D eigenvalue weighted by atomic mass is 10.1. The Morgan fingerprint density at radius 3 is 2.61 bits per heavy atom. The average Bonchev–Trinajstić information content (AvgIpc) is 2.42. The fourth-order valence-corrected chi connectivity index (χ4v) is 1.59. The molecular formula is C14H23NO3. The molecule has 2 atom stereocenters. The van der Waals surface area contributed by atoms with Gasteiger partial charge in [0.2, 0.25) is 0 Å². The lowest BCUT2D eigenvalue weighted by molar-refractivity contribution is 0.0130. The third kappa shape index (κ3) is 6.12. The summed E-state index contributed by atoms with van der Waals surface area (Å²) in [6.07, 6.45) is -0.493. The zero-order chi connectivity index (χ0) is 13.2. The third-order valence-corrected chi connectivity index (χ3v) is 2.70. The average molecular weight is 253 g/mol. The second-order valence-corrected chi connectivity index (χ2v) is 4.26. The number of rotatable bonds is 9. The van der Waals surface area contributed by atoms with Crippen LogP contribution in [0.3, 0.4) is 0 Å². The van der Waals surface area contributed by atoms with Crippen LogP contribution in [0, 0.1) is 0 Å². The molecule has 4 heteroatoms. The molecule has 102 valence electrons. The van der Waals surface area contributed by atoms with Gasteiger partial charge in [0.25, 0.3) is 0 Å². The van der Waals surface area contributed by atoms with Gasteiger partial charge in [0.15, 0.2) is 0 Å². The van der Waals surface area contributed by atoms with E-state index in [-0.39, 0.29) is 6.04 Å². The number of benzene rings is 1. The number of nitrogens with one attached hydrogen (secondary N) is 1. The minimum Gasteiger partial charge on any atom is -0.389 e. The van der Waals surface area contributed by atoms with E-state index in [0.29, 0.717) is 26.4 Å². The van der Waals surface area contributed by atoms with Crippen LogP contribution in [0.4, 0.5) is 0 Å².